The number of ether oxygens (including phenoxy) is 4. The number of fused-ring (bicyclic) bond motifs is 2. The van der Waals surface area contributed by atoms with Gasteiger partial charge in [-0.1, -0.05) is 22.0 Å². The van der Waals surface area contributed by atoms with Gasteiger partial charge in [-0.25, -0.2) is 9.97 Å². The van der Waals surface area contributed by atoms with Crippen LogP contribution in [-0.2, 0) is 39.1 Å². The predicted molar refractivity (Wildman–Crippen MR) is 202 cm³/mol. The number of rotatable bonds is 11. The molecular formula is C39H44BrF6N5O5. The summed E-state index contributed by atoms with van der Waals surface area (Å²) < 4.78 is 101. The monoisotopic (exact) mass is 855 g/mol. The number of aromatic nitrogens is 5. The van der Waals surface area contributed by atoms with Crippen molar-refractivity contribution in [2.75, 3.05) is 52.9 Å². The Morgan fingerprint density at radius 3 is 1.70 bits per heavy atom. The van der Waals surface area contributed by atoms with E-state index in [0.29, 0.717) is 38.5 Å². The summed E-state index contributed by atoms with van der Waals surface area (Å²) in [5.41, 5.74) is 5.76. The molecule has 7 rings (SSSR count). The van der Waals surface area contributed by atoms with Crippen molar-refractivity contribution in [1.82, 2.24) is 23.7 Å². The van der Waals surface area contributed by atoms with Crippen LogP contribution in [0.4, 0.5) is 26.3 Å². The molecule has 2 aliphatic heterocycles. The molecule has 0 spiro atoms. The van der Waals surface area contributed by atoms with Crippen LogP contribution >= 0.6 is 15.9 Å². The molecule has 5 aromatic rings. The summed E-state index contributed by atoms with van der Waals surface area (Å²) >= 11 is 3.44. The third kappa shape index (κ3) is 10.8. The summed E-state index contributed by atoms with van der Waals surface area (Å²) in [5, 5.41) is 0. The zero-order chi connectivity index (χ0) is 40.0. The Bertz CT molecular complexity index is 2130. The van der Waals surface area contributed by atoms with Crippen LogP contribution in [-0.4, -0.2) is 88.9 Å². The lowest BCUT2D eigenvalue weighted by molar-refractivity contribution is -0.174. The molecule has 2 saturated heterocycles. The maximum Gasteiger partial charge on any atom is 0.411 e. The Kier molecular flexibility index (Phi) is 13.6. The number of pyridine rings is 1. The van der Waals surface area contributed by atoms with Crippen LogP contribution in [0.15, 0.2) is 57.9 Å². The summed E-state index contributed by atoms with van der Waals surface area (Å²) in [4.78, 5) is 21.6. The lowest BCUT2D eigenvalue weighted by Gasteiger charge is -2.22. The van der Waals surface area contributed by atoms with Crippen molar-refractivity contribution < 1.29 is 45.3 Å². The van der Waals surface area contributed by atoms with E-state index in [1.807, 2.05) is 51.6 Å². The molecular weight excluding hydrogens is 812 g/mol. The molecule has 2 aliphatic rings. The molecule has 0 N–H and O–H groups in total. The molecule has 0 atom stereocenters. The quantitative estimate of drug-likeness (QED) is 0.0973. The van der Waals surface area contributed by atoms with E-state index < -0.39 is 25.6 Å². The molecule has 0 saturated carbocycles. The topological polar surface area (TPSA) is 94.6 Å². The highest BCUT2D eigenvalue weighted by molar-refractivity contribution is 9.10. The number of imidazole rings is 2. The van der Waals surface area contributed by atoms with Crippen LogP contribution in [0.5, 0.6) is 0 Å². The number of halogens is 7. The van der Waals surface area contributed by atoms with Crippen molar-refractivity contribution in [3.63, 3.8) is 0 Å². The fourth-order valence-corrected chi connectivity index (χ4v) is 7.51. The van der Waals surface area contributed by atoms with Gasteiger partial charge in [-0.2, -0.15) is 26.3 Å². The van der Waals surface area contributed by atoms with Crippen LogP contribution < -0.4 is 5.56 Å². The van der Waals surface area contributed by atoms with Gasteiger partial charge < -0.3 is 32.6 Å². The highest BCUT2D eigenvalue weighted by atomic mass is 79.9. The molecule has 2 fully saturated rings. The average molecular weight is 857 g/mol. The van der Waals surface area contributed by atoms with Gasteiger partial charge in [-0.05, 0) is 80.1 Å². The van der Waals surface area contributed by atoms with Gasteiger partial charge in [0.15, 0.2) is 0 Å². The smallest absolute Gasteiger partial charge is 0.381 e. The normalized spacial score (nSPS) is 16.1. The minimum atomic E-state index is -4.35. The SMILES string of the molecule is Cc1cc(-c2ccc3nc(C4CCOCC4)n(CCOCC(F)(F)F)c3c2)cn(C)c1=O.FC(F)(F)COCCn1c(C2CCOCC2)nc2ccc(Br)cc21. The third-order valence-electron chi connectivity index (χ3n) is 9.84. The Morgan fingerprint density at radius 1 is 0.732 bits per heavy atom. The number of nitrogens with zero attached hydrogens (tertiary/aromatic N) is 5. The second kappa shape index (κ2) is 18.2. The van der Waals surface area contributed by atoms with Crippen LogP contribution in [0.3, 0.4) is 0 Å². The molecule has 0 bridgehead atoms. The minimum Gasteiger partial charge on any atom is -0.381 e. The van der Waals surface area contributed by atoms with Gasteiger partial charge in [-0.3, -0.25) is 4.79 Å². The van der Waals surface area contributed by atoms with E-state index >= 15 is 0 Å². The Labute approximate surface area is 327 Å². The molecule has 0 aliphatic carbocycles. The largest absolute Gasteiger partial charge is 0.411 e. The first kappa shape index (κ1) is 41.9. The van der Waals surface area contributed by atoms with Crippen molar-refractivity contribution >= 4 is 38.0 Å². The maximum absolute atomic E-state index is 12.5. The molecule has 304 valence electrons. The van der Waals surface area contributed by atoms with Crippen molar-refractivity contribution in [2.24, 2.45) is 7.05 Å². The summed E-state index contributed by atoms with van der Waals surface area (Å²) in [6.07, 6.45) is -3.50. The van der Waals surface area contributed by atoms with Gasteiger partial charge in [0.05, 0.1) is 35.3 Å². The number of benzene rings is 2. The van der Waals surface area contributed by atoms with Crippen molar-refractivity contribution in [2.45, 2.75) is 69.9 Å². The fourth-order valence-electron chi connectivity index (χ4n) is 7.16. The zero-order valence-corrected chi connectivity index (χ0v) is 32.7. The average Bonchev–Trinajstić information content (AvgIpc) is 3.71. The zero-order valence-electron chi connectivity index (χ0n) is 31.1. The molecule has 10 nitrogen and oxygen atoms in total. The molecule has 56 heavy (non-hydrogen) atoms. The second-order valence-electron chi connectivity index (χ2n) is 14.0. The van der Waals surface area contributed by atoms with E-state index in [1.54, 1.807) is 24.7 Å². The first-order valence-corrected chi connectivity index (χ1v) is 19.2. The van der Waals surface area contributed by atoms with Crippen LogP contribution in [0.1, 0.15) is 54.7 Å². The van der Waals surface area contributed by atoms with Gasteiger partial charge in [-0.15, -0.1) is 0 Å². The second-order valence-corrected chi connectivity index (χ2v) is 14.9. The Morgan fingerprint density at radius 2 is 1.21 bits per heavy atom. The number of aryl methyl sites for hydroxylation is 2. The highest BCUT2D eigenvalue weighted by Gasteiger charge is 2.29. The molecule has 17 heteroatoms. The van der Waals surface area contributed by atoms with E-state index in [2.05, 4.69) is 15.9 Å². The number of hydrogen-bond donors (Lipinski definition) is 0. The van der Waals surface area contributed by atoms with Gasteiger partial charge >= 0.3 is 12.4 Å². The molecule has 3 aromatic heterocycles. The lowest BCUT2D eigenvalue weighted by atomic mass is 9.99. The van der Waals surface area contributed by atoms with Gasteiger partial charge in [0.2, 0.25) is 0 Å². The van der Waals surface area contributed by atoms with E-state index in [9.17, 15) is 31.1 Å². The maximum atomic E-state index is 12.5. The molecule has 0 radical (unpaired) electrons. The third-order valence-corrected chi connectivity index (χ3v) is 10.3. The van der Waals surface area contributed by atoms with Gasteiger partial charge in [0, 0.05) is 74.6 Å². The molecule has 0 unspecified atom stereocenters. The molecule has 2 aromatic carbocycles. The first-order valence-electron chi connectivity index (χ1n) is 18.4. The minimum absolute atomic E-state index is 0.00625. The van der Waals surface area contributed by atoms with Crippen molar-refractivity contribution in [3.05, 3.63) is 80.7 Å². The van der Waals surface area contributed by atoms with Crippen molar-refractivity contribution in [1.29, 1.82) is 0 Å². The van der Waals surface area contributed by atoms with Crippen molar-refractivity contribution in [3.8, 4) is 11.1 Å². The van der Waals surface area contributed by atoms with E-state index in [-0.39, 0.29) is 37.2 Å². The Balaban J connectivity index is 0.000000198. The van der Waals surface area contributed by atoms with Crippen LogP contribution in [0.2, 0.25) is 0 Å². The summed E-state index contributed by atoms with van der Waals surface area (Å²) in [7, 11) is 1.71. The Hall–Kier alpha value is -3.77. The van der Waals surface area contributed by atoms with Crippen LogP contribution in [0.25, 0.3) is 33.2 Å². The standard InChI is InChI=1S/C23H26F3N3O3.C16H18BrF3N2O2/c1-15-11-18(13-28(2)22(15)30)17-3-4-19-20(12-17)29(7-10-32-14-23(24,25)26)21(27-19)16-5-8-31-9-6-16;17-12-1-2-13-14(9-12)22(5-8-24-10-16(18,19)20)15(21-13)11-3-6-23-7-4-11/h3-4,11-13,16H,5-10,14H2,1-2H3;1-2,9,11H,3-8,10H2. The fraction of sp³-hybridized carbons (Fsp3) is 0.513. The summed E-state index contributed by atoms with van der Waals surface area (Å²) in [6, 6.07) is 13.5. The summed E-state index contributed by atoms with van der Waals surface area (Å²) in [5.74, 6) is 2.20. The van der Waals surface area contributed by atoms with Crippen LogP contribution in [0, 0.1) is 6.92 Å². The van der Waals surface area contributed by atoms with Gasteiger partial charge in [0.25, 0.3) is 5.56 Å². The van der Waals surface area contributed by atoms with E-state index in [1.165, 1.54) is 0 Å². The van der Waals surface area contributed by atoms with E-state index in [0.717, 1.165) is 75.0 Å². The number of alkyl halides is 6. The lowest BCUT2D eigenvalue weighted by Crippen LogP contribution is -2.21. The predicted octanol–water partition coefficient (Wildman–Crippen LogP) is 8.46. The highest BCUT2D eigenvalue weighted by Crippen LogP contribution is 2.33. The molecule has 0 amide bonds. The van der Waals surface area contributed by atoms with Gasteiger partial charge in [0.1, 0.15) is 24.9 Å². The molecule has 5 heterocycles. The number of hydrogen-bond acceptors (Lipinski definition) is 7. The van der Waals surface area contributed by atoms with E-state index in [4.69, 9.17) is 28.9 Å². The summed E-state index contributed by atoms with van der Waals surface area (Å²) in [6.45, 7) is 2.47. The first-order chi connectivity index (χ1) is 26.7.